The Hall–Kier alpha value is -0.590. The fraction of sp³-hybridized carbons (Fsp3) is 0.800. The maximum Gasteiger partial charge on any atom is 0.185 e. The van der Waals surface area contributed by atoms with Crippen molar-refractivity contribution in [2.24, 2.45) is 7.05 Å². The summed E-state index contributed by atoms with van der Waals surface area (Å²) < 4.78 is 1.74. The fourth-order valence-electron chi connectivity index (χ4n) is 1.22. The van der Waals surface area contributed by atoms with Gasteiger partial charge in [-0.25, -0.2) is 9.67 Å². The normalized spacial score (nSPS) is 15.0. The van der Waals surface area contributed by atoms with Crippen molar-refractivity contribution < 1.29 is 5.11 Å². The van der Waals surface area contributed by atoms with Crippen LogP contribution in [0.25, 0.3) is 0 Å². The number of nitrogens with one attached hydrogen (secondary N) is 1. The minimum atomic E-state index is -0.257. The molecule has 1 aromatic heterocycles. The highest BCUT2D eigenvalue weighted by atomic mass is 32.2. The molecule has 16 heavy (non-hydrogen) atoms. The van der Waals surface area contributed by atoms with Crippen molar-refractivity contribution in [2.45, 2.75) is 31.0 Å². The molecule has 0 saturated carbocycles. The lowest BCUT2D eigenvalue weighted by Crippen LogP contribution is -2.48. The van der Waals surface area contributed by atoms with Gasteiger partial charge in [-0.3, -0.25) is 0 Å². The van der Waals surface area contributed by atoms with Gasteiger partial charge < -0.3 is 10.4 Å². The van der Waals surface area contributed by atoms with Gasteiger partial charge >= 0.3 is 0 Å². The van der Waals surface area contributed by atoms with Crippen LogP contribution in [0, 0.1) is 0 Å². The largest absolute Gasteiger partial charge is 0.394 e. The Labute approximate surface area is 101 Å². The van der Waals surface area contributed by atoms with Gasteiger partial charge in [0.05, 0.1) is 6.61 Å². The molecule has 1 rings (SSSR count). The average molecular weight is 244 g/mol. The molecular formula is C10H20N4OS. The van der Waals surface area contributed by atoms with Crippen molar-refractivity contribution >= 4 is 11.8 Å². The van der Waals surface area contributed by atoms with Crippen LogP contribution in [0.4, 0.5) is 0 Å². The monoisotopic (exact) mass is 244 g/mol. The number of hydrogen-bond donors (Lipinski definition) is 2. The van der Waals surface area contributed by atoms with Gasteiger partial charge in [0.15, 0.2) is 5.16 Å². The summed E-state index contributed by atoms with van der Waals surface area (Å²) in [5.74, 6) is 0.774. The first-order chi connectivity index (χ1) is 7.61. The summed E-state index contributed by atoms with van der Waals surface area (Å²) in [6, 6.07) is 0. The van der Waals surface area contributed by atoms with Crippen LogP contribution in [0.2, 0.25) is 0 Å². The summed E-state index contributed by atoms with van der Waals surface area (Å²) in [5.41, 5.74) is -0.257. The topological polar surface area (TPSA) is 63.0 Å². The number of aliphatic hydroxyl groups is 1. The second-order valence-corrected chi connectivity index (χ2v) is 5.04. The number of aromatic nitrogens is 3. The summed E-state index contributed by atoms with van der Waals surface area (Å²) in [7, 11) is 1.87. The van der Waals surface area contributed by atoms with Crippen LogP contribution in [0.1, 0.15) is 20.3 Å². The molecule has 2 N–H and O–H groups in total. The van der Waals surface area contributed by atoms with Gasteiger partial charge in [-0.2, -0.15) is 5.10 Å². The molecule has 5 nitrogen and oxygen atoms in total. The van der Waals surface area contributed by atoms with E-state index in [1.807, 2.05) is 14.0 Å². The maximum atomic E-state index is 9.39. The summed E-state index contributed by atoms with van der Waals surface area (Å²) in [6.07, 6.45) is 2.60. The van der Waals surface area contributed by atoms with Gasteiger partial charge in [0.1, 0.15) is 6.33 Å². The molecule has 1 atom stereocenters. The average Bonchev–Trinajstić information content (AvgIpc) is 2.70. The third-order valence-corrected chi connectivity index (χ3v) is 3.75. The van der Waals surface area contributed by atoms with Crippen molar-refractivity contribution in [3.63, 3.8) is 0 Å². The maximum absolute atomic E-state index is 9.39. The van der Waals surface area contributed by atoms with Crippen molar-refractivity contribution in [1.29, 1.82) is 0 Å². The second-order valence-electron chi connectivity index (χ2n) is 4.10. The standard InChI is InChI=1S/C10H20N4OS/c1-4-5-12-10(2,6-15)7-16-9-11-8-13-14(9)3/h8,12,15H,4-7H2,1-3H3. The van der Waals surface area contributed by atoms with E-state index < -0.39 is 0 Å². The molecule has 0 fully saturated rings. The van der Waals surface area contributed by atoms with Gasteiger partial charge in [-0.15, -0.1) is 0 Å². The van der Waals surface area contributed by atoms with Crippen molar-refractivity contribution in [1.82, 2.24) is 20.1 Å². The Bertz CT molecular complexity index is 318. The first-order valence-corrected chi connectivity index (χ1v) is 6.42. The molecule has 0 spiro atoms. The Balaban J connectivity index is 2.47. The zero-order valence-corrected chi connectivity index (χ0v) is 10.9. The molecule has 0 aliphatic carbocycles. The predicted octanol–water partition coefficient (Wildman–Crippen LogP) is 0.658. The number of aryl methyl sites for hydroxylation is 1. The second kappa shape index (κ2) is 6.22. The SMILES string of the molecule is CCCNC(C)(CO)CSc1ncnn1C. The molecule has 1 aromatic rings. The van der Waals surface area contributed by atoms with E-state index in [1.165, 1.54) is 6.33 Å². The van der Waals surface area contributed by atoms with Gasteiger partial charge in [0, 0.05) is 18.3 Å². The molecule has 1 heterocycles. The molecule has 0 aliphatic heterocycles. The Morgan fingerprint density at radius 1 is 1.62 bits per heavy atom. The molecule has 0 radical (unpaired) electrons. The predicted molar refractivity (Wildman–Crippen MR) is 65.5 cm³/mol. The quantitative estimate of drug-likeness (QED) is 0.690. The zero-order chi connectivity index (χ0) is 12.0. The van der Waals surface area contributed by atoms with E-state index in [0.29, 0.717) is 0 Å². The highest BCUT2D eigenvalue weighted by molar-refractivity contribution is 7.99. The van der Waals surface area contributed by atoms with E-state index in [1.54, 1.807) is 16.4 Å². The fourth-order valence-corrected chi connectivity index (χ4v) is 2.22. The van der Waals surface area contributed by atoms with E-state index in [2.05, 4.69) is 22.3 Å². The van der Waals surface area contributed by atoms with Crippen LogP contribution in [0.15, 0.2) is 11.5 Å². The van der Waals surface area contributed by atoms with Crippen molar-refractivity contribution in [3.8, 4) is 0 Å². The van der Waals surface area contributed by atoms with Crippen molar-refractivity contribution in [3.05, 3.63) is 6.33 Å². The molecule has 0 aromatic carbocycles. The summed E-state index contributed by atoms with van der Waals surface area (Å²) in [5, 5.41) is 17.6. The highest BCUT2D eigenvalue weighted by Gasteiger charge is 2.23. The minimum absolute atomic E-state index is 0.123. The summed E-state index contributed by atoms with van der Waals surface area (Å²) in [4.78, 5) is 4.14. The first-order valence-electron chi connectivity index (χ1n) is 5.44. The highest BCUT2D eigenvalue weighted by Crippen LogP contribution is 2.19. The van der Waals surface area contributed by atoms with Gasteiger partial charge in [-0.05, 0) is 19.9 Å². The zero-order valence-electron chi connectivity index (χ0n) is 10.1. The van der Waals surface area contributed by atoms with E-state index in [4.69, 9.17) is 0 Å². The third kappa shape index (κ3) is 3.77. The smallest absolute Gasteiger partial charge is 0.185 e. The molecular weight excluding hydrogens is 224 g/mol. The molecule has 0 saturated heterocycles. The van der Waals surface area contributed by atoms with Crippen molar-refractivity contribution in [2.75, 3.05) is 18.9 Å². The molecule has 0 aliphatic rings. The van der Waals surface area contributed by atoms with Crippen LogP contribution in [-0.2, 0) is 7.05 Å². The van der Waals surface area contributed by atoms with Crippen LogP contribution >= 0.6 is 11.8 Å². The summed E-state index contributed by atoms with van der Waals surface area (Å²) >= 11 is 1.60. The number of thioether (sulfide) groups is 1. The lowest BCUT2D eigenvalue weighted by molar-refractivity contribution is 0.192. The summed E-state index contributed by atoms with van der Waals surface area (Å²) in [6.45, 7) is 5.17. The number of rotatable bonds is 7. The van der Waals surface area contributed by atoms with Crippen LogP contribution in [0.3, 0.4) is 0 Å². The third-order valence-electron chi connectivity index (χ3n) is 2.34. The molecule has 0 bridgehead atoms. The Morgan fingerprint density at radius 2 is 2.38 bits per heavy atom. The lowest BCUT2D eigenvalue weighted by Gasteiger charge is -2.28. The minimum Gasteiger partial charge on any atom is -0.394 e. The molecule has 1 unspecified atom stereocenters. The lowest BCUT2D eigenvalue weighted by atomic mass is 10.1. The van der Waals surface area contributed by atoms with E-state index >= 15 is 0 Å². The number of hydrogen-bond acceptors (Lipinski definition) is 5. The van der Waals surface area contributed by atoms with Gasteiger partial charge in [-0.1, -0.05) is 18.7 Å². The molecule has 0 amide bonds. The van der Waals surface area contributed by atoms with Crippen LogP contribution < -0.4 is 5.32 Å². The van der Waals surface area contributed by atoms with E-state index in [-0.39, 0.29) is 12.1 Å². The number of nitrogens with zero attached hydrogens (tertiary/aromatic N) is 3. The van der Waals surface area contributed by atoms with E-state index in [9.17, 15) is 5.11 Å². The van der Waals surface area contributed by atoms with Gasteiger partial charge in [0.2, 0.25) is 0 Å². The molecule has 6 heteroatoms. The Morgan fingerprint density at radius 3 is 2.88 bits per heavy atom. The van der Waals surface area contributed by atoms with E-state index in [0.717, 1.165) is 23.9 Å². The number of aliphatic hydroxyl groups excluding tert-OH is 1. The molecule has 92 valence electrons. The van der Waals surface area contributed by atoms with Gasteiger partial charge in [0.25, 0.3) is 0 Å². The Kier molecular flexibility index (Phi) is 5.24. The van der Waals surface area contributed by atoms with Crippen LogP contribution in [-0.4, -0.2) is 44.3 Å². The van der Waals surface area contributed by atoms with Crippen LogP contribution in [0.5, 0.6) is 0 Å². The first kappa shape index (κ1) is 13.5.